The molecule has 3 N–H and O–H groups in total. The summed E-state index contributed by atoms with van der Waals surface area (Å²) in [5.74, 6) is -5.36. The zero-order chi connectivity index (χ0) is 17.7. The molecule has 2 fully saturated rings. The Morgan fingerprint density at radius 3 is 2.58 bits per heavy atom. The molecule has 1 aromatic carbocycles. The molecule has 130 valence electrons. The first kappa shape index (κ1) is 17.1. The van der Waals surface area contributed by atoms with E-state index >= 15 is 0 Å². The van der Waals surface area contributed by atoms with Crippen molar-refractivity contribution in [3.63, 3.8) is 0 Å². The number of nitro groups is 1. The van der Waals surface area contributed by atoms with Gasteiger partial charge in [-0.25, -0.2) is 4.79 Å². The van der Waals surface area contributed by atoms with E-state index in [0.717, 1.165) is 0 Å². The van der Waals surface area contributed by atoms with Crippen molar-refractivity contribution in [1.29, 1.82) is 0 Å². The number of aliphatic hydroxyl groups excluding tert-OH is 1. The highest BCUT2D eigenvalue weighted by Gasteiger charge is 2.76. The van der Waals surface area contributed by atoms with Crippen LogP contribution in [0.5, 0.6) is 0 Å². The fraction of sp³-hybridized carbons (Fsp3) is 0.500. The molecule has 2 heterocycles. The summed E-state index contributed by atoms with van der Waals surface area (Å²) in [6.45, 7) is -1.26. The van der Waals surface area contributed by atoms with Crippen molar-refractivity contribution in [1.82, 2.24) is 0 Å². The van der Waals surface area contributed by atoms with Crippen molar-refractivity contribution in [2.24, 2.45) is 0 Å². The Morgan fingerprint density at radius 2 is 2.00 bits per heavy atom. The molecule has 0 aliphatic carbocycles. The molecule has 9 nitrogen and oxygen atoms in total. The first-order valence-electron chi connectivity index (χ1n) is 7.05. The second kappa shape index (κ2) is 5.64. The lowest BCUT2D eigenvalue weighted by Gasteiger charge is -2.36. The van der Waals surface area contributed by atoms with E-state index in [2.05, 4.69) is 0 Å². The molecule has 0 radical (unpaired) electrons. The van der Waals surface area contributed by atoms with Crippen LogP contribution in [0.2, 0.25) is 5.02 Å². The van der Waals surface area contributed by atoms with Gasteiger partial charge in [-0.2, -0.15) is 0 Å². The van der Waals surface area contributed by atoms with Gasteiger partial charge in [-0.3, -0.25) is 10.1 Å². The van der Waals surface area contributed by atoms with E-state index in [0.29, 0.717) is 5.02 Å². The number of carbonyl (C=O) groups is 1. The number of nitrogens with zero attached hydrogens (tertiary/aromatic N) is 1. The Kier molecular flexibility index (Phi) is 4.01. The highest BCUT2D eigenvalue weighted by molar-refractivity contribution is 6.30. The lowest BCUT2D eigenvalue weighted by Crippen LogP contribution is -2.62. The van der Waals surface area contributed by atoms with Crippen LogP contribution in [0.1, 0.15) is 11.5 Å². The van der Waals surface area contributed by atoms with Crippen LogP contribution in [0, 0.1) is 10.1 Å². The lowest BCUT2D eigenvalue weighted by atomic mass is 9.76. The van der Waals surface area contributed by atoms with Gasteiger partial charge in [0.25, 0.3) is 0 Å². The van der Waals surface area contributed by atoms with Gasteiger partial charge in [0.2, 0.25) is 17.9 Å². The Labute approximate surface area is 140 Å². The molecule has 2 aliphatic heterocycles. The SMILES string of the molecule is O=C1O[C@H]2[C@@H](O)CO[C@]2(O)[C@@]1(O)[C@H](C[N+](=O)[O-])c1ccc(Cl)cc1. The van der Waals surface area contributed by atoms with Crippen LogP contribution in [0.15, 0.2) is 24.3 Å². The highest BCUT2D eigenvalue weighted by atomic mass is 35.5. The molecule has 2 saturated heterocycles. The minimum absolute atomic E-state index is 0.189. The zero-order valence-corrected chi connectivity index (χ0v) is 12.9. The molecule has 10 heteroatoms. The number of aliphatic hydroxyl groups is 3. The van der Waals surface area contributed by atoms with E-state index in [-0.39, 0.29) is 12.2 Å². The topological polar surface area (TPSA) is 139 Å². The fourth-order valence-electron chi connectivity index (χ4n) is 3.19. The summed E-state index contributed by atoms with van der Waals surface area (Å²) in [6, 6.07) is 5.65. The average molecular weight is 360 g/mol. The molecular formula is C14H14ClNO8. The number of rotatable bonds is 4. The lowest BCUT2D eigenvalue weighted by molar-refractivity contribution is -0.489. The average Bonchev–Trinajstić information content (AvgIpc) is 2.92. The van der Waals surface area contributed by atoms with Crippen molar-refractivity contribution in [3.05, 3.63) is 45.0 Å². The number of hydrogen-bond acceptors (Lipinski definition) is 8. The third kappa shape index (κ3) is 2.28. The minimum Gasteiger partial charge on any atom is -0.451 e. The van der Waals surface area contributed by atoms with Gasteiger partial charge in [-0.15, -0.1) is 0 Å². The van der Waals surface area contributed by atoms with E-state index in [1.165, 1.54) is 24.3 Å². The van der Waals surface area contributed by atoms with Crippen LogP contribution in [-0.4, -0.2) is 63.0 Å². The number of halogens is 1. The van der Waals surface area contributed by atoms with Gasteiger partial charge < -0.3 is 24.8 Å². The van der Waals surface area contributed by atoms with Crippen molar-refractivity contribution >= 4 is 17.6 Å². The minimum atomic E-state index is -2.75. The quantitative estimate of drug-likeness (QED) is 0.369. The number of benzene rings is 1. The van der Waals surface area contributed by atoms with Crippen LogP contribution in [0.25, 0.3) is 0 Å². The first-order valence-corrected chi connectivity index (χ1v) is 7.43. The molecule has 24 heavy (non-hydrogen) atoms. The molecule has 0 unspecified atom stereocenters. The van der Waals surface area contributed by atoms with Crippen LogP contribution >= 0.6 is 11.6 Å². The summed E-state index contributed by atoms with van der Waals surface area (Å²) < 4.78 is 9.89. The van der Waals surface area contributed by atoms with Gasteiger partial charge in [-0.1, -0.05) is 23.7 Å². The van der Waals surface area contributed by atoms with Crippen molar-refractivity contribution in [2.75, 3.05) is 13.2 Å². The number of fused-ring (bicyclic) bond motifs is 1. The Morgan fingerprint density at radius 1 is 1.38 bits per heavy atom. The predicted molar refractivity (Wildman–Crippen MR) is 77.8 cm³/mol. The number of esters is 1. The van der Waals surface area contributed by atoms with E-state index in [9.17, 15) is 30.2 Å². The molecule has 0 bridgehead atoms. The molecule has 0 aromatic heterocycles. The predicted octanol–water partition coefficient (Wildman–Crippen LogP) is -0.563. The molecule has 2 aliphatic rings. The molecular weight excluding hydrogens is 346 g/mol. The van der Waals surface area contributed by atoms with Gasteiger partial charge in [0, 0.05) is 9.95 Å². The molecule has 0 saturated carbocycles. The maximum Gasteiger partial charge on any atom is 0.345 e. The summed E-state index contributed by atoms with van der Waals surface area (Å²) in [7, 11) is 0. The largest absolute Gasteiger partial charge is 0.451 e. The van der Waals surface area contributed by atoms with Crippen LogP contribution in [0.4, 0.5) is 0 Å². The Hall–Kier alpha value is -1.78. The van der Waals surface area contributed by atoms with Crippen LogP contribution < -0.4 is 0 Å². The smallest absolute Gasteiger partial charge is 0.345 e. The van der Waals surface area contributed by atoms with Gasteiger partial charge in [0.15, 0.2) is 6.10 Å². The summed E-state index contributed by atoms with van der Waals surface area (Å²) >= 11 is 5.79. The molecule has 0 amide bonds. The summed E-state index contributed by atoms with van der Waals surface area (Å²) in [4.78, 5) is 22.6. The summed E-state index contributed by atoms with van der Waals surface area (Å²) in [5.41, 5.74) is -2.56. The molecule has 5 atom stereocenters. The molecule has 0 spiro atoms. The summed E-state index contributed by atoms with van der Waals surface area (Å²) in [6.07, 6.45) is -2.88. The normalized spacial score (nSPS) is 36.2. The second-order valence-electron chi connectivity index (χ2n) is 5.79. The monoisotopic (exact) mass is 359 g/mol. The van der Waals surface area contributed by atoms with Gasteiger partial charge in [-0.05, 0) is 17.7 Å². The van der Waals surface area contributed by atoms with Crippen molar-refractivity contribution < 1.29 is 34.5 Å². The van der Waals surface area contributed by atoms with Crippen molar-refractivity contribution in [3.8, 4) is 0 Å². The molecule has 3 rings (SSSR count). The zero-order valence-electron chi connectivity index (χ0n) is 12.2. The van der Waals surface area contributed by atoms with E-state index in [4.69, 9.17) is 21.1 Å². The van der Waals surface area contributed by atoms with Crippen LogP contribution in [0.3, 0.4) is 0 Å². The van der Waals surface area contributed by atoms with Crippen LogP contribution in [-0.2, 0) is 14.3 Å². The number of carbonyl (C=O) groups excluding carboxylic acids is 1. The summed E-state index contributed by atoms with van der Waals surface area (Å²) in [5, 5.41) is 42.8. The Balaban J connectivity index is 2.10. The third-order valence-electron chi connectivity index (χ3n) is 4.41. The first-order chi connectivity index (χ1) is 11.2. The van der Waals surface area contributed by atoms with E-state index in [1.807, 2.05) is 0 Å². The number of hydrogen-bond donors (Lipinski definition) is 3. The maximum absolute atomic E-state index is 12.3. The molecule has 1 aromatic rings. The van der Waals surface area contributed by atoms with Gasteiger partial charge in [0.05, 0.1) is 12.5 Å². The third-order valence-corrected chi connectivity index (χ3v) is 4.66. The Bertz CT molecular complexity index is 682. The van der Waals surface area contributed by atoms with Gasteiger partial charge in [0.1, 0.15) is 6.10 Å². The fourth-order valence-corrected chi connectivity index (χ4v) is 3.32. The van der Waals surface area contributed by atoms with Crippen molar-refractivity contribution in [2.45, 2.75) is 29.5 Å². The standard InChI is InChI=1S/C14H14ClNO8/c15-8-3-1-7(2-4-8)9(5-16(21)22)13(19)12(18)24-11-10(17)6-23-14(11,13)20/h1-4,9-11,17,19-20H,5-6H2/t9-,10+,11+,13-,14+/m1/s1. The van der Waals surface area contributed by atoms with E-state index < -0.39 is 47.0 Å². The van der Waals surface area contributed by atoms with E-state index in [1.54, 1.807) is 0 Å². The number of ether oxygens (including phenoxy) is 2. The van der Waals surface area contributed by atoms with Gasteiger partial charge >= 0.3 is 5.97 Å². The maximum atomic E-state index is 12.3. The second-order valence-corrected chi connectivity index (χ2v) is 6.22. The highest BCUT2D eigenvalue weighted by Crippen LogP contribution is 2.49.